The molecular formula is C17H20N2O4. The highest BCUT2D eigenvalue weighted by Gasteiger charge is 2.20. The number of allylic oxidation sites excluding steroid dienone is 2. The molecule has 2 rings (SSSR count). The highest BCUT2D eigenvalue weighted by Crippen LogP contribution is 2.36. The minimum atomic E-state index is 0.298. The van der Waals surface area contributed by atoms with Gasteiger partial charge in [-0.2, -0.15) is 0 Å². The summed E-state index contributed by atoms with van der Waals surface area (Å²) in [5.74, 6) is 2.19. The van der Waals surface area contributed by atoms with Gasteiger partial charge in [0, 0.05) is 30.0 Å². The van der Waals surface area contributed by atoms with E-state index in [1.54, 1.807) is 52.7 Å². The van der Waals surface area contributed by atoms with Gasteiger partial charge in [-0.25, -0.2) is 0 Å². The quantitative estimate of drug-likeness (QED) is 0.816. The van der Waals surface area contributed by atoms with E-state index < -0.39 is 0 Å². The molecule has 0 aromatic heterocycles. The molecule has 0 amide bonds. The molecule has 23 heavy (non-hydrogen) atoms. The number of hydrogen-bond donors (Lipinski definition) is 2. The molecule has 0 heterocycles. The summed E-state index contributed by atoms with van der Waals surface area (Å²) in [4.78, 5) is 0. The molecule has 0 aliphatic heterocycles. The average Bonchev–Trinajstić information content (AvgIpc) is 2.56. The lowest BCUT2D eigenvalue weighted by molar-refractivity contribution is 0.270. The van der Waals surface area contributed by atoms with Gasteiger partial charge in [-0.3, -0.25) is 0 Å². The summed E-state index contributed by atoms with van der Waals surface area (Å²) in [5, 5.41) is 7.80. The lowest BCUT2D eigenvalue weighted by Crippen LogP contribution is -2.08. The molecule has 0 saturated heterocycles. The van der Waals surface area contributed by atoms with Crippen LogP contribution in [0.5, 0.6) is 11.5 Å². The van der Waals surface area contributed by atoms with E-state index in [0.717, 1.165) is 0 Å². The van der Waals surface area contributed by atoms with Gasteiger partial charge in [0.15, 0.2) is 0 Å². The van der Waals surface area contributed by atoms with Crippen LogP contribution in [0.4, 0.5) is 5.69 Å². The second kappa shape index (κ2) is 6.91. The van der Waals surface area contributed by atoms with Crippen molar-refractivity contribution in [3.8, 4) is 11.5 Å². The molecule has 1 aliphatic rings. The van der Waals surface area contributed by atoms with Crippen LogP contribution in [0.1, 0.15) is 5.56 Å². The molecule has 0 atom stereocenters. The molecule has 1 aromatic rings. The summed E-state index contributed by atoms with van der Waals surface area (Å²) >= 11 is 0. The highest BCUT2D eigenvalue weighted by molar-refractivity contribution is 6.05. The van der Waals surface area contributed by atoms with Crippen molar-refractivity contribution in [3.05, 3.63) is 46.9 Å². The zero-order chi connectivity index (χ0) is 17.0. The summed E-state index contributed by atoms with van der Waals surface area (Å²) in [5.41, 5.74) is 8.09. The molecule has 6 nitrogen and oxygen atoms in total. The van der Waals surface area contributed by atoms with Gasteiger partial charge in [0.1, 0.15) is 23.0 Å². The molecule has 122 valence electrons. The van der Waals surface area contributed by atoms with Gasteiger partial charge in [0.05, 0.1) is 45.3 Å². The number of anilines is 1. The molecule has 0 saturated carbocycles. The van der Waals surface area contributed by atoms with E-state index in [0.29, 0.717) is 45.6 Å². The topological polar surface area (TPSA) is 86.8 Å². The Kier molecular flexibility index (Phi) is 4.95. The van der Waals surface area contributed by atoms with Crippen molar-refractivity contribution in [2.45, 2.75) is 0 Å². The number of ether oxygens (including phenoxy) is 4. The largest absolute Gasteiger partial charge is 0.496 e. The van der Waals surface area contributed by atoms with E-state index in [1.807, 2.05) is 6.08 Å². The molecule has 0 spiro atoms. The van der Waals surface area contributed by atoms with E-state index in [1.165, 1.54) is 0 Å². The summed E-state index contributed by atoms with van der Waals surface area (Å²) in [6, 6.07) is 3.43. The Bertz CT molecular complexity index is 666. The van der Waals surface area contributed by atoms with Crippen LogP contribution in [0.25, 0.3) is 6.08 Å². The molecular weight excluding hydrogens is 296 g/mol. The van der Waals surface area contributed by atoms with Gasteiger partial charge >= 0.3 is 0 Å². The Morgan fingerprint density at radius 2 is 1.35 bits per heavy atom. The monoisotopic (exact) mass is 316 g/mol. The first kappa shape index (κ1) is 16.5. The van der Waals surface area contributed by atoms with E-state index in [4.69, 9.17) is 30.1 Å². The maximum Gasteiger partial charge on any atom is 0.131 e. The first-order valence-electron chi connectivity index (χ1n) is 6.87. The van der Waals surface area contributed by atoms with Crippen molar-refractivity contribution in [2.24, 2.45) is 0 Å². The molecule has 1 aliphatic carbocycles. The molecule has 0 fully saturated rings. The molecule has 0 bridgehead atoms. The van der Waals surface area contributed by atoms with Gasteiger partial charge in [0.25, 0.3) is 0 Å². The fourth-order valence-electron chi connectivity index (χ4n) is 2.33. The van der Waals surface area contributed by atoms with Crippen molar-refractivity contribution in [1.29, 1.82) is 5.41 Å². The van der Waals surface area contributed by atoms with Crippen LogP contribution in [0, 0.1) is 5.41 Å². The zero-order valence-corrected chi connectivity index (χ0v) is 13.6. The molecule has 6 heteroatoms. The normalized spacial score (nSPS) is 13.9. The van der Waals surface area contributed by atoms with E-state index in [2.05, 4.69) is 0 Å². The summed E-state index contributed by atoms with van der Waals surface area (Å²) < 4.78 is 21.6. The Hall–Kier alpha value is -2.89. The van der Waals surface area contributed by atoms with Crippen molar-refractivity contribution in [3.63, 3.8) is 0 Å². The van der Waals surface area contributed by atoms with Gasteiger partial charge in [-0.05, 0) is 6.08 Å². The number of methoxy groups -OCH3 is 4. The predicted molar refractivity (Wildman–Crippen MR) is 89.8 cm³/mol. The van der Waals surface area contributed by atoms with Gasteiger partial charge in [-0.15, -0.1) is 0 Å². The van der Waals surface area contributed by atoms with Gasteiger partial charge in [0.2, 0.25) is 0 Å². The lowest BCUT2D eigenvalue weighted by Gasteiger charge is -2.19. The van der Waals surface area contributed by atoms with Crippen LogP contribution >= 0.6 is 0 Å². The van der Waals surface area contributed by atoms with Gasteiger partial charge < -0.3 is 30.1 Å². The third-order valence-corrected chi connectivity index (χ3v) is 3.40. The molecule has 0 unspecified atom stereocenters. The molecule has 0 radical (unpaired) electrons. The van der Waals surface area contributed by atoms with Crippen LogP contribution in [0.3, 0.4) is 0 Å². The second-order valence-corrected chi connectivity index (χ2v) is 4.78. The van der Waals surface area contributed by atoms with E-state index in [-0.39, 0.29) is 0 Å². The summed E-state index contributed by atoms with van der Waals surface area (Å²) in [6.07, 6.45) is 5.06. The van der Waals surface area contributed by atoms with Crippen LogP contribution in [0.15, 0.2) is 41.4 Å². The average molecular weight is 316 g/mol. The smallest absolute Gasteiger partial charge is 0.131 e. The third-order valence-electron chi connectivity index (χ3n) is 3.40. The zero-order valence-electron chi connectivity index (χ0n) is 13.6. The van der Waals surface area contributed by atoms with Gasteiger partial charge in [-0.1, -0.05) is 0 Å². The Labute approximate surface area is 135 Å². The molecule has 3 N–H and O–H groups in total. The van der Waals surface area contributed by atoms with Crippen LogP contribution < -0.4 is 15.2 Å². The number of benzene rings is 1. The minimum absolute atomic E-state index is 0.298. The fourth-order valence-corrected chi connectivity index (χ4v) is 2.33. The standard InChI is InChI=1S/C17H20N2O4/c1-20-14-5-10(18)6-15(21-2)12(14)9-13-16(22-3)7-11(19)8-17(13)23-4/h5-9,18H,19H2,1-4H3. The van der Waals surface area contributed by atoms with Crippen molar-refractivity contribution in [1.82, 2.24) is 0 Å². The maximum atomic E-state index is 7.80. The van der Waals surface area contributed by atoms with E-state index >= 15 is 0 Å². The first-order chi connectivity index (χ1) is 11.0. The highest BCUT2D eigenvalue weighted by atomic mass is 16.5. The Morgan fingerprint density at radius 3 is 1.74 bits per heavy atom. The fraction of sp³-hybridized carbons (Fsp3) is 0.235. The maximum absolute atomic E-state index is 7.80. The number of rotatable bonds is 5. The van der Waals surface area contributed by atoms with E-state index in [9.17, 15) is 0 Å². The summed E-state index contributed by atoms with van der Waals surface area (Å²) in [6.45, 7) is 0. The SMILES string of the molecule is COC1=CC(=N)C=C(OC)C1=Cc1c(OC)cc(N)cc1OC. The van der Waals surface area contributed by atoms with Crippen LogP contribution in [-0.2, 0) is 9.47 Å². The van der Waals surface area contributed by atoms with Crippen LogP contribution in [0.2, 0.25) is 0 Å². The van der Waals surface area contributed by atoms with Crippen molar-refractivity contribution in [2.75, 3.05) is 34.2 Å². The first-order valence-corrected chi connectivity index (χ1v) is 6.87. The minimum Gasteiger partial charge on any atom is -0.496 e. The lowest BCUT2D eigenvalue weighted by atomic mass is 10.00. The second-order valence-electron chi connectivity index (χ2n) is 4.78. The van der Waals surface area contributed by atoms with Crippen molar-refractivity contribution < 1.29 is 18.9 Å². The summed E-state index contributed by atoms with van der Waals surface area (Å²) in [7, 11) is 6.21. The Morgan fingerprint density at radius 1 is 0.870 bits per heavy atom. The number of nitrogens with one attached hydrogen (secondary N) is 1. The van der Waals surface area contributed by atoms with Crippen LogP contribution in [-0.4, -0.2) is 34.2 Å². The Balaban J connectivity index is 2.66. The molecule has 1 aromatic carbocycles. The third kappa shape index (κ3) is 3.31. The number of nitrogen functional groups attached to an aromatic ring is 1. The number of hydrogen-bond acceptors (Lipinski definition) is 6. The predicted octanol–water partition coefficient (Wildman–Crippen LogP) is 2.76. The van der Waals surface area contributed by atoms with Crippen molar-refractivity contribution >= 4 is 17.5 Å². The number of nitrogens with two attached hydrogens (primary N) is 1.